The molecular formula is C15H13F3N2O4S. The molecule has 2 rings (SSSR count). The Labute approximate surface area is 141 Å². The molecule has 1 amide bonds. The van der Waals surface area contributed by atoms with Crippen LogP contribution in [0.25, 0.3) is 0 Å². The van der Waals surface area contributed by atoms with E-state index in [1.165, 1.54) is 25.1 Å². The smallest absolute Gasteiger partial charge is 0.406 e. The van der Waals surface area contributed by atoms with Crippen molar-refractivity contribution in [2.75, 3.05) is 10.0 Å². The normalized spacial score (nSPS) is 11.7. The summed E-state index contributed by atoms with van der Waals surface area (Å²) in [5.74, 6) is -0.848. The van der Waals surface area contributed by atoms with Gasteiger partial charge in [-0.2, -0.15) is 0 Å². The first-order valence-electron chi connectivity index (χ1n) is 6.81. The summed E-state index contributed by atoms with van der Waals surface area (Å²) in [4.78, 5) is 10.8. The number of amides is 1. The van der Waals surface area contributed by atoms with Gasteiger partial charge >= 0.3 is 6.36 Å². The molecule has 2 aromatic carbocycles. The third-order valence-corrected chi connectivity index (χ3v) is 4.20. The average Bonchev–Trinajstić information content (AvgIpc) is 2.45. The monoisotopic (exact) mass is 374 g/mol. The van der Waals surface area contributed by atoms with Crippen LogP contribution in [0.5, 0.6) is 5.75 Å². The lowest BCUT2D eigenvalue weighted by molar-refractivity contribution is -0.274. The van der Waals surface area contributed by atoms with Gasteiger partial charge in [0.25, 0.3) is 10.0 Å². The van der Waals surface area contributed by atoms with Crippen molar-refractivity contribution in [3.05, 3.63) is 48.5 Å². The van der Waals surface area contributed by atoms with Crippen molar-refractivity contribution in [3.63, 3.8) is 0 Å². The number of carbonyl (C=O) groups excluding carboxylic acids is 1. The van der Waals surface area contributed by atoms with E-state index in [4.69, 9.17) is 0 Å². The lowest BCUT2D eigenvalue weighted by Crippen LogP contribution is -2.17. The number of hydrogen-bond donors (Lipinski definition) is 2. The Hall–Kier alpha value is -2.75. The standard InChI is InChI=1S/C15H13F3N2O4S/c1-10(21)19-11-3-2-4-12(9-11)20-25(22,23)14-7-5-13(6-8-14)24-15(16,17)18/h2-9,20H,1H3,(H,19,21). The van der Waals surface area contributed by atoms with Crippen LogP contribution in [0.15, 0.2) is 53.4 Å². The highest BCUT2D eigenvalue weighted by atomic mass is 32.2. The van der Waals surface area contributed by atoms with Crippen LogP contribution in [0.3, 0.4) is 0 Å². The summed E-state index contributed by atoms with van der Waals surface area (Å²) in [5, 5.41) is 2.50. The molecule has 0 bridgehead atoms. The van der Waals surface area contributed by atoms with E-state index in [0.29, 0.717) is 5.69 Å². The number of benzene rings is 2. The predicted molar refractivity (Wildman–Crippen MR) is 84.7 cm³/mol. The summed E-state index contributed by atoms with van der Waals surface area (Å²) in [6.45, 7) is 1.31. The van der Waals surface area contributed by atoms with E-state index >= 15 is 0 Å². The summed E-state index contributed by atoms with van der Waals surface area (Å²) in [5.41, 5.74) is 0.573. The van der Waals surface area contributed by atoms with E-state index in [1.807, 2.05) is 0 Å². The highest BCUT2D eigenvalue weighted by Gasteiger charge is 2.31. The maximum absolute atomic E-state index is 12.3. The van der Waals surface area contributed by atoms with E-state index in [0.717, 1.165) is 24.3 Å². The van der Waals surface area contributed by atoms with Crippen LogP contribution in [-0.2, 0) is 14.8 Å². The summed E-state index contributed by atoms with van der Waals surface area (Å²) in [6.07, 6.45) is -4.86. The van der Waals surface area contributed by atoms with Gasteiger partial charge in [0.15, 0.2) is 0 Å². The van der Waals surface area contributed by atoms with Crippen molar-refractivity contribution >= 4 is 27.3 Å². The minimum atomic E-state index is -4.86. The summed E-state index contributed by atoms with van der Waals surface area (Å²) < 4.78 is 66.8. The van der Waals surface area contributed by atoms with Crippen LogP contribution in [0.4, 0.5) is 24.5 Å². The van der Waals surface area contributed by atoms with Gasteiger partial charge in [0, 0.05) is 12.6 Å². The zero-order valence-corrected chi connectivity index (χ0v) is 13.6. The SMILES string of the molecule is CC(=O)Nc1cccc(NS(=O)(=O)c2ccc(OC(F)(F)F)cc2)c1. The second-order valence-electron chi connectivity index (χ2n) is 4.89. The topological polar surface area (TPSA) is 84.5 Å². The highest BCUT2D eigenvalue weighted by molar-refractivity contribution is 7.92. The zero-order valence-electron chi connectivity index (χ0n) is 12.8. The van der Waals surface area contributed by atoms with Crippen LogP contribution >= 0.6 is 0 Å². The molecule has 10 heteroatoms. The van der Waals surface area contributed by atoms with Crippen molar-refractivity contribution in [1.82, 2.24) is 0 Å². The van der Waals surface area contributed by atoms with Gasteiger partial charge in [0.05, 0.1) is 10.6 Å². The number of halogens is 3. The number of ether oxygens (including phenoxy) is 1. The van der Waals surface area contributed by atoms with E-state index in [2.05, 4.69) is 14.8 Å². The zero-order chi connectivity index (χ0) is 18.7. The summed E-state index contributed by atoms with van der Waals surface area (Å²) >= 11 is 0. The molecule has 0 fully saturated rings. The minimum Gasteiger partial charge on any atom is -0.406 e. The molecule has 0 radical (unpaired) electrons. The number of alkyl halides is 3. The summed E-state index contributed by atoms with van der Waals surface area (Å²) in [7, 11) is -4.02. The van der Waals surface area contributed by atoms with E-state index in [-0.39, 0.29) is 16.5 Å². The Balaban J connectivity index is 2.17. The first kappa shape index (κ1) is 18.6. The molecule has 6 nitrogen and oxygen atoms in total. The lowest BCUT2D eigenvalue weighted by atomic mass is 10.3. The Kier molecular flexibility index (Phi) is 5.21. The molecule has 0 heterocycles. The Morgan fingerprint density at radius 1 is 1.04 bits per heavy atom. The molecule has 0 aromatic heterocycles. The molecular weight excluding hydrogens is 361 g/mol. The molecule has 0 saturated carbocycles. The van der Waals surface area contributed by atoms with Gasteiger partial charge in [-0.3, -0.25) is 9.52 Å². The predicted octanol–water partition coefficient (Wildman–Crippen LogP) is 3.34. The largest absolute Gasteiger partial charge is 0.573 e. The van der Waals surface area contributed by atoms with Gasteiger partial charge in [-0.15, -0.1) is 13.2 Å². The fourth-order valence-electron chi connectivity index (χ4n) is 1.90. The number of rotatable bonds is 5. The third kappa shape index (κ3) is 5.68. The fraction of sp³-hybridized carbons (Fsp3) is 0.133. The van der Waals surface area contributed by atoms with Gasteiger partial charge in [0.2, 0.25) is 5.91 Å². The molecule has 25 heavy (non-hydrogen) atoms. The minimum absolute atomic E-state index is 0.182. The van der Waals surface area contributed by atoms with E-state index in [9.17, 15) is 26.4 Å². The van der Waals surface area contributed by atoms with Gasteiger partial charge in [0.1, 0.15) is 5.75 Å². The van der Waals surface area contributed by atoms with Crippen molar-refractivity contribution in [2.45, 2.75) is 18.2 Å². The van der Waals surface area contributed by atoms with Crippen LogP contribution in [0, 0.1) is 0 Å². The molecule has 134 valence electrons. The molecule has 0 spiro atoms. The molecule has 2 aromatic rings. The molecule has 2 N–H and O–H groups in total. The van der Waals surface area contributed by atoms with Crippen LogP contribution in [0.2, 0.25) is 0 Å². The Morgan fingerprint density at radius 3 is 2.20 bits per heavy atom. The van der Waals surface area contributed by atoms with Crippen LogP contribution < -0.4 is 14.8 Å². The van der Waals surface area contributed by atoms with E-state index < -0.39 is 22.1 Å². The van der Waals surface area contributed by atoms with E-state index in [1.54, 1.807) is 6.07 Å². The van der Waals surface area contributed by atoms with Gasteiger partial charge in [-0.25, -0.2) is 8.42 Å². The molecule has 0 unspecified atom stereocenters. The number of sulfonamides is 1. The fourth-order valence-corrected chi connectivity index (χ4v) is 2.95. The first-order valence-corrected chi connectivity index (χ1v) is 8.30. The molecule has 0 aliphatic carbocycles. The van der Waals surface area contributed by atoms with Crippen LogP contribution in [0.1, 0.15) is 6.92 Å². The van der Waals surface area contributed by atoms with Gasteiger partial charge in [-0.1, -0.05) is 6.07 Å². The van der Waals surface area contributed by atoms with Crippen molar-refractivity contribution < 1.29 is 31.1 Å². The summed E-state index contributed by atoms with van der Waals surface area (Å²) in [6, 6.07) is 9.74. The van der Waals surface area contributed by atoms with Crippen molar-refractivity contribution in [3.8, 4) is 5.75 Å². The molecule has 0 aliphatic heterocycles. The third-order valence-electron chi connectivity index (χ3n) is 2.80. The van der Waals surface area contributed by atoms with Gasteiger partial charge in [-0.05, 0) is 42.5 Å². The maximum atomic E-state index is 12.3. The van der Waals surface area contributed by atoms with Gasteiger partial charge < -0.3 is 10.1 Å². The Bertz CT molecular complexity index is 865. The molecule has 0 atom stereocenters. The second-order valence-corrected chi connectivity index (χ2v) is 6.57. The number of anilines is 2. The second kappa shape index (κ2) is 7.01. The molecule has 0 saturated heterocycles. The highest BCUT2D eigenvalue weighted by Crippen LogP contribution is 2.25. The molecule has 0 aliphatic rings. The van der Waals surface area contributed by atoms with Crippen LogP contribution in [-0.4, -0.2) is 20.7 Å². The number of nitrogens with one attached hydrogen (secondary N) is 2. The Morgan fingerprint density at radius 2 is 1.64 bits per heavy atom. The first-order chi connectivity index (χ1) is 11.5. The average molecular weight is 374 g/mol. The van der Waals surface area contributed by atoms with Crippen molar-refractivity contribution in [1.29, 1.82) is 0 Å². The number of hydrogen-bond acceptors (Lipinski definition) is 4. The maximum Gasteiger partial charge on any atom is 0.573 e. The lowest BCUT2D eigenvalue weighted by Gasteiger charge is -2.11. The number of carbonyl (C=O) groups is 1. The van der Waals surface area contributed by atoms with Crippen molar-refractivity contribution in [2.24, 2.45) is 0 Å². The quantitative estimate of drug-likeness (QED) is 0.841.